The number of sulfone groups is 3. The molecule has 0 amide bonds. The molecule has 90 heavy (non-hydrogen) atoms. The number of nitrogens with one attached hydrogen (secondary N) is 3. The van der Waals surface area contributed by atoms with Gasteiger partial charge in [-0.05, 0) is 109 Å². The van der Waals surface area contributed by atoms with Gasteiger partial charge in [0.15, 0.2) is 46.3 Å². The van der Waals surface area contributed by atoms with E-state index in [1.807, 2.05) is 24.3 Å². The monoisotopic (exact) mass is 1400 g/mol. The molecule has 2 saturated heterocycles. The predicted octanol–water partition coefficient (Wildman–Crippen LogP) is 12.0. The van der Waals surface area contributed by atoms with Crippen LogP contribution in [0.4, 0.5) is 46.0 Å². The van der Waals surface area contributed by atoms with Crippen LogP contribution in [-0.4, -0.2) is 158 Å². The maximum Gasteiger partial charge on any atom is 0.229 e. The molecule has 0 bridgehead atoms. The summed E-state index contributed by atoms with van der Waals surface area (Å²) in [6, 6.07) is 36.1. The predicted molar refractivity (Wildman–Crippen MR) is 366 cm³/mol. The first-order valence-electron chi connectivity index (χ1n) is 28.1. The van der Waals surface area contributed by atoms with E-state index >= 15 is 0 Å². The highest BCUT2D eigenvalue weighted by molar-refractivity contribution is 7.92. The van der Waals surface area contributed by atoms with E-state index in [1.54, 1.807) is 81.4 Å². The third-order valence-electron chi connectivity index (χ3n) is 13.7. The van der Waals surface area contributed by atoms with Crippen molar-refractivity contribution in [3.05, 3.63) is 182 Å². The maximum absolute atomic E-state index is 12.4. The van der Waals surface area contributed by atoms with E-state index in [4.69, 9.17) is 81.1 Å². The van der Waals surface area contributed by atoms with E-state index in [2.05, 4.69) is 104 Å². The van der Waals surface area contributed by atoms with Crippen molar-refractivity contribution in [1.29, 1.82) is 0 Å². The number of hydrogen-bond acceptors (Lipinski definition) is 21. The van der Waals surface area contributed by atoms with Gasteiger partial charge < -0.3 is 37.2 Å². The Balaban J connectivity index is 0.000000195. The van der Waals surface area contributed by atoms with Crippen molar-refractivity contribution < 1.29 is 25.3 Å². The van der Waals surface area contributed by atoms with Gasteiger partial charge in [0.05, 0.1) is 72.6 Å². The van der Waals surface area contributed by atoms with Gasteiger partial charge in [-0.3, -0.25) is 9.80 Å². The minimum atomic E-state index is -3.41. The minimum absolute atomic E-state index is 0.000802. The second-order valence-corrected chi connectivity index (χ2v) is 29.2. The van der Waals surface area contributed by atoms with Crippen molar-refractivity contribution in [2.75, 3.05) is 111 Å². The molecule has 0 aliphatic carbocycles. The van der Waals surface area contributed by atoms with Crippen molar-refractivity contribution in [2.45, 2.75) is 48.5 Å². The fourth-order valence-corrected chi connectivity index (χ4v) is 12.3. The maximum atomic E-state index is 12.4. The zero-order chi connectivity index (χ0) is 65.6. The molecule has 0 unspecified atom stereocenters. The third-order valence-corrected chi connectivity index (χ3v) is 20.6. The first-order chi connectivity index (χ1) is 42.8. The van der Waals surface area contributed by atoms with Gasteiger partial charge >= 0.3 is 0 Å². The second kappa shape index (κ2) is 35.0. The van der Waals surface area contributed by atoms with Crippen LogP contribution >= 0.6 is 69.6 Å². The number of halogens is 6. The van der Waals surface area contributed by atoms with E-state index in [9.17, 15) is 25.3 Å². The first kappa shape index (κ1) is 72.8. The number of aromatic nitrogens is 6. The topological polar surface area (TPSA) is 281 Å². The summed E-state index contributed by atoms with van der Waals surface area (Å²) >= 11 is 34.2. The lowest BCUT2D eigenvalue weighted by molar-refractivity contribution is 0.148. The van der Waals surface area contributed by atoms with Crippen LogP contribution in [0.25, 0.3) is 0 Å². The molecule has 0 radical (unpaired) electrons. The molecule has 8 aromatic rings. The summed E-state index contributed by atoms with van der Waals surface area (Å²) in [6.45, 7) is 15.8. The van der Waals surface area contributed by atoms with E-state index in [1.165, 1.54) is 68.0 Å². The molecule has 3 aromatic heterocycles. The number of nitrogen functional groups attached to an aromatic ring is 2. The smallest absolute Gasteiger partial charge is 0.229 e. The van der Waals surface area contributed by atoms with Gasteiger partial charge in [0.2, 0.25) is 16.5 Å². The summed E-state index contributed by atoms with van der Waals surface area (Å²) in [6.07, 6.45) is 4.17. The quantitative estimate of drug-likeness (QED) is 0.0341. The lowest BCUT2D eigenvalue weighted by atomic mass is 10.2. The number of para-hydroxylation sites is 3. The third kappa shape index (κ3) is 22.9. The number of hydrogen-bond donors (Lipinski definition) is 5. The lowest BCUT2D eigenvalue weighted by Crippen LogP contribution is -2.43. The lowest BCUT2D eigenvalue weighted by Gasteiger charge is -2.32. The average molecular weight is 1410 g/mol. The van der Waals surface area contributed by atoms with Crippen molar-refractivity contribution >= 4 is 145 Å². The molecule has 5 heterocycles. The Labute approximate surface area is 557 Å². The Morgan fingerprint density at radius 2 is 0.833 bits per heavy atom. The summed E-state index contributed by atoms with van der Waals surface area (Å²) < 4.78 is 71.6. The van der Waals surface area contributed by atoms with E-state index in [0.29, 0.717) is 33.9 Å². The van der Waals surface area contributed by atoms with Crippen LogP contribution in [0.1, 0.15) is 31.9 Å². The van der Waals surface area contributed by atoms with Crippen molar-refractivity contribution in [2.24, 2.45) is 0 Å². The van der Waals surface area contributed by atoms with Gasteiger partial charge in [-0.25, -0.2) is 45.2 Å². The van der Waals surface area contributed by atoms with Crippen LogP contribution < -0.4 is 27.4 Å². The highest BCUT2D eigenvalue weighted by atomic mass is 35.5. The molecule has 0 saturated carbocycles. The first-order valence-corrected chi connectivity index (χ1v) is 35.3. The number of nitrogens with zero attached hydrogens (tertiary/aromatic N) is 10. The number of anilines is 8. The van der Waals surface area contributed by atoms with Gasteiger partial charge in [0, 0.05) is 76.8 Å². The van der Waals surface area contributed by atoms with Crippen molar-refractivity contribution in [3.63, 3.8) is 0 Å². The Bertz CT molecular complexity index is 3970. The molecular weight excluding hydrogens is 1340 g/mol. The molecule has 482 valence electrons. The van der Waals surface area contributed by atoms with Gasteiger partial charge in [0.1, 0.15) is 10.0 Å². The molecule has 21 nitrogen and oxygen atoms in total. The molecule has 5 aromatic carbocycles. The number of rotatable bonds is 16. The molecule has 0 spiro atoms. The van der Waals surface area contributed by atoms with Gasteiger partial charge in [-0.2, -0.15) is 9.97 Å². The standard InChI is InChI=1S/C24H29ClN6O2S.C12H11Cl2N3O2S.C12H19N3.C8H11NO2S.C4HCl3N2/c1-3-34(32,33)22-7-5-4-6-21(22)28-23-20(25)16-26-24(29-23)27-19-10-8-18(9-11-19)17-31-14-12-30(2)13-15-31;1-2-20(18,19)10-6-4-3-5-9(10)16-11-8(13)7-15-12(14)17-11;1-14-6-8-15(9-7-14)10-11-2-4-12(13)5-3-11;1-2-12(10,11)8-6-4-3-5-7(8)9;5-2-1-8-4(7)9-3(2)6/h4-11,16H,3,12-15,17H2,1-2H3,(H2,26,27,28,29);3-7H,2H2,1H3,(H,15,16,17);2-5H,6-10,13H2,1H3;3-6H,2,9H2,1H3;1H. The van der Waals surface area contributed by atoms with E-state index < -0.39 is 29.5 Å². The van der Waals surface area contributed by atoms with Gasteiger partial charge in [-0.1, -0.05) is 128 Å². The highest BCUT2D eigenvalue weighted by Gasteiger charge is 2.21. The largest absolute Gasteiger partial charge is 0.399 e. The van der Waals surface area contributed by atoms with Crippen LogP contribution in [-0.2, 0) is 42.6 Å². The molecule has 2 fully saturated rings. The van der Waals surface area contributed by atoms with E-state index in [0.717, 1.165) is 50.6 Å². The molecule has 10 rings (SSSR count). The summed E-state index contributed by atoms with van der Waals surface area (Å²) in [5.74, 6) is 1.02. The zero-order valence-electron chi connectivity index (χ0n) is 50.0. The zero-order valence-corrected chi connectivity index (χ0v) is 57.0. The number of benzene rings is 5. The van der Waals surface area contributed by atoms with E-state index in [-0.39, 0.29) is 63.5 Å². The number of piperazine rings is 2. The van der Waals surface area contributed by atoms with Gasteiger partial charge in [-0.15, -0.1) is 0 Å². The molecule has 30 heteroatoms. The second-order valence-electron chi connectivity index (χ2n) is 20.2. The fourth-order valence-electron chi connectivity index (χ4n) is 8.42. The molecule has 2 aliphatic rings. The molecule has 7 N–H and O–H groups in total. The average Bonchev–Trinajstić information content (AvgIpc) is 1.24. The van der Waals surface area contributed by atoms with Crippen LogP contribution in [0.5, 0.6) is 0 Å². The van der Waals surface area contributed by atoms with Crippen molar-refractivity contribution in [3.8, 4) is 0 Å². The van der Waals surface area contributed by atoms with Crippen LogP contribution in [0.2, 0.25) is 30.8 Å². The molecule has 2 aliphatic heterocycles. The number of likely N-dealkylation sites (N-methyl/N-ethyl adjacent to an activating group) is 2. The summed E-state index contributed by atoms with van der Waals surface area (Å²) in [4.78, 5) is 33.8. The minimum Gasteiger partial charge on any atom is -0.399 e. The number of nitrogens with two attached hydrogens (primary N) is 2. The summed E-state index contributed by atoms with van der Waals surface area (Å²) in [7, 11) is -5.58. The Hall–Kier alpha value is -6.23. The SMILES string of the molecule is CCS(=O)(=O)c1ccccc1N.CCS(=O)(=O)c1ccccc1Nc1nc(Cl)ncc1Cl.CCS(=O)(=O)c1ccccc1Nc1nc(Nc2ccc(CN3CCN(C)CC3)cc2)ncc1Cl.CN1CCN(Cc2ccc(N)cc2)CC1.Clc1ncc(Cl)c(Cl)n1. The van der Waals surface area contributed by atoms with Gasteiger partial charge in [0.25, 0.3) is 0 Å². The van der Waals surface area contributed by atoms with Crippen LogP contribution in [0.3, 0.4) is 0 Å². The van der Waals surface area contributed by atoms with Crippen LogP contribution in [0.15, 0.2) is 155 Å². The summed E-state index contributed by atoms with van der Waals surface area (Å²) in [5.41, 5.74) is 16.6. The molecular formula is C60H71Cl6N15O6S3. The molecule has 0 atom stereocenters. The Morgan fingerprint density at radius 3 is 1.28 bits per heavy atom. The fraction of sp³-hybridized carbons (Fsp3) is 0.300. The normalized spacial score (nSPS) is 14.0. The summed E-state index contributed by atoms with van der Waals surface area (Å²) in [5, 5.41) is 10.3. The Morgan fingerprint density at radius 1 is 0.444 bits per heavy atom. The van der Waals surface area contributed by atoms with Crippen molar-refractivity contribution in [1.82, 2.24) is 49.5 Å². The Kier molecular flexibility index (Phi) is 28.3. The van der Waals surface area contributed by atoms with Crippen LogP contribution in [0, 0.1) is 0 Å². The highest BCUT2D eigenvalue weighted by Crippen LogP contribution is 2.31.